The van der Waals surface area contributed by atoms with Crippen LogP contribution < -0.4 is 0 Å². The Kier molecular flexibility index (Phi) is 6.43. The van der Waals surface area contributed by atoms with Crippen molar-refractivity contribution in [3.63, 3.8) is 0 Å². The smallest absolute Gasteiger partial charge is 0.416 e. The average Bonchev–Trinajstić information content (AvgIpc) is 2.78. The van der Waals surface area contributed by atoms with Gasteiger partial charge in [-0.05, 0) is 55.5 Å². The molecule has 1 aliphatic carbocycles. The molecular formula is C26H23F4NO3. The molecule has 2 aromatic carbocycles. The highest BCUT2D eigenvalue weighted by atomic mass is 19.4. The number of nitrogens with zero attached hydrogens (tertiary/aromatic N) is 1. The van der Waals surface area contributed by atoms with Crippen LogP contribution in [-0.4, -0.2) is 24.1 Å². The molecule has 0 bridgehead atoms. The molecule has 1 aliphatic heterocycles. The van der Waals surface area contributed by atoms with Crippen molar-refractivity contribution in [3.05, 3.63) is 82.3 Å². The Morgan fingerprint density at radius 1 is 1.09 bits per heavy atom. The lowest BCUT2D eigenvalue weighted by Crippen LogP contribution is -2.38. The summed E-state index contributed by atoms with van der Waals surface area (Å²) in [5.74, 6) is -4.09. The molecule has 0 fully saturated rings. The zero-order chi connectivity index (χ0) is 24.6. The molecular weight excluding hydrogens is 450 g/mol. The molecule has 2 aliphatic rings. The molecule has 0 spiro atoms. The van der Waals surface area contributed by atoms with Crippen LogP contribution in [0.4, 0.5) is 17.6 Å². The van der Waals surface area contributed by atoms with E-state index in [9.17, 15) is 27.2 Å². The van der Waals surface area contributed by atoms with Gasteiger partial charge >= 0.3 is 12.1 Å². The van der Waals surface area contributed by atoms with Crippen LogP contribution in [0.1, 0.15) is 55.2 Å². The van der Waals surface area contributed by atoms with Gasteiger partial charge in [0.2, 0.25) is 0 Å². The van der Waals surface area contributed by atoms with E-state index in [0.29, 0.717) is 17.8 Å². The monoisotopic (exact) mass is 473 g/mol. The number of aliphatic imine (C=N–C) groups is 1. The normalized spacial score (nSPS) is 22.8. The average molecular weight is 473 g/mol. The summed E-state index contributed by atoms with van der Waals surface area (Å²) in [6.07, 6.45) is -4.35. The third-order valence-electron chi connectivity index (χ3n) is 6.37. The zero-order valence-corrected chi connectivity index (χ0v) is 18.7. The highest BCUT2D eigenvalue weighted by molar-refractivity contribution is 6.09. The number of hydrogen-bond donors (Lipinski definition) is 0. The van der Waals surface area contributed by atoms with Crippen molar-refractivity contribution in [1.29, 1.82) is 0 Å². The van der Waals surface area contributed by atoms with Crippen LogP contribution in [-0.2, 0) is 20.5 Å². The van der Waals surface area contributed by atoms with E-state index in [2.05, 4.69) is 4.99 Å². The molecule has 0 radical (unpaired) electrons. The van der Waals surface area contributed by atoms with E-state index in [1.54, 1.807) is 26.0 Å². The van der Waals surface area contributed by atoms with Gasteiger partial charge < -0.3 is 4.74 Å². The van der Waals surface area contributed by atoms with Gasteiger partial charge in [0.15, 0.2) is 5.78 Å². The Balaban J connectivity index is 1.86. The number of hydrogen-bond acceptors (Lipinski definition) is 4. The van der Waals surface area contributed by atoms with Crippen LogP contribution in [0.5, 0.6) is 0 Å². The number of carbonyl (C=O) groups is 2. The maximum absolute atomic E-state index is 13.9. The number of rotatable bonds is 4. The predicted octanol–water partition coefficient (Wildman–Crippen LogP) is 5.98. The molecule has 8 heteroatoms. The number of ether oxygens (including phenoxy) is 1. The molecule has 4 nitrogen and oxygen atoms in total. The highest BCUT2D eigenvalue weighted by Gasteiger charge is 2.47. The fourth-order valence-electron chi connectivity index (χ4n) is 4.93. The first kappa shape index (κ1) is 23.9. The molecule has 0 N–H and O–H groups in total. The molecule has 178 valence electrons. The first-order valence-corrected chi connectivity index (χ1v) is 11.0. The quantitative estimate of drug-likeness (QED) is 0.405. The molecule has 3 unspecified atom stereocenters. The topological polar surface area (TPSA) is 55.7 Å². The maximum Gasteiger partial charge on any atom is 0.416 e. The largest absolute Gasteiger partial charge is 0.465 e. The summed E-state index contributed by atoms with van der Waals surface area (Å²) >= 11 is 0. The van der Waals surface area contributed by atoms with Gasteiger partial charge in [-0.15, -0.1) is 0 Å². The van der Waals surface area contributed by atoms with Gasteiger partial charge in [0, 0.05) is 29.3 Å². The van der Waals surface area contributed by atoms with Crippen molar-refractivity contribution in [2.75, 3.05) is 6.61 Å². The lowest BCUT2D eigenvalue weighted by Gasteiger charge is -2.37. The van der Waals surface area contributed by atoms with Gasteiger partial charge in [-0.3, -0.25) is 14.6 Å². The summed E-state index contributed by atoms with van der Waals surface area (Å²) in [5, 5.41) is 0. The van der Waals surface area contributed by atoms with Crippen LogP contribution in [0.2, 0.25) is 0 Å². The molecule has 0 amide bonds. The van der Waals surface area contributed by atoms with Gasteiger partial charge in [-0.1, -0.05) is 30.3 Å². The Morgan fingerprint density at radius 2 is 1.76 bits per heavy atom. The second-order valence-electron chi connectivity index (χ2n) is 8.49. The lowest BCUT2D eigenvalue weighted by molar-refractivity contribution is -0.147. The van der Waals surface area contributed by atoms with Crippen molar-refractivity contribution in [3.8, 4) is 0 Å². The highest BCUT2D eigenvalue weighted by Crippen LogP contribution is 2.49. The SMILES string of the molecule is CCOC(=O)C1C(C)=NC2=C(C(=O)CC(c3ccc(F)cc3)C2)C1c1ccccc1C(F)(F)F. The Bertz CT molecular complexity index is 1180. The number of alkyl halides is 3. The summed E-state index contributed by atoms with van der Waals surface area (Å²) < 4.78 is 60.4. The number of carbonyl (C=O) groups excluding carboxylic acids is 2. The number of allylic oxidation sites excluding steroid dienone is 2. The predicted molar refractivity (Wildman–Crippen MR) is 118 cm³/mol. The van der Waals surface area contributed by atoms with Crippen LogP contribution in [0, 0.1) is 11.7 Å². The summed E-state index contributed by atoms with van der Waals surface area (Å²) in [5.41, 5.74) is 0.484. The first-order valence-electron chi connectivity index (χ1n) is 11.0. The second kappa shape index (κ2) is 9.16. The molecule has 1 heterocycles. The fourth-order valence-corrected chi connectivity index (χ4v) is 4.93. The summed E-state index contributed by atoms with van der Waals surface area (Å²) in [7, 11) is 0. The van der Waals surface area contributed by atoms with Crippen molar-refractivity contribution in [2.45, 2.75) is 44.7 Å². The Morgan fingerprint density at radius 3 is 2.41 bits per heavy atom. The van der Waals surface area contributed by atoms with Crippen molar-refractivity contribution < 1.29 is 31.9 Å². The Hall–Kier alpha value is -3.29. The van der Waals surface area contributed by atoms with Crippen molar-refractivity contribution in [2.24, 2.45) is 10.9 Å². The van der Waals surface area contributed by atoms with E-state index in [4.69, 9.17) is 4.74 Å². The third kappa shape index (κ3) is 4.41. The number of Topliss-reactive ketones (excluding diaryl/α,β-unsaturated/α-hetero) is 1. The second-order valence-corrected chi connectivity index (χ2v) is 8.49. The minimum absolute atomic E-state index is 0.0270. The number of ketones is 1. The van der Waals surface area contributed by atoms with E-state index in [-0.39, 0.29) is 35.9 Å². The lowest BCUT2D eigenvalue weighted by atomic mass is 9.68. The molecule has 0 saturated carbocycles. The third-order valence-corrected chi connectivity index (χ3v) is 6.37. The van der Waals surface area contributed by atoms with Crippen LogP contribution in [0.3, 0.4) is 0 Å². The minimum Gasteiger partial charge on any atom is -0.465 e. The summed E-state index contributed by atoms with van der Waals surface area (Å²) in [6, 6.07) is 10.8. The molecule has 34 heavy (non-hydrogen) atoms. The molecule has 0 aromatic heterocycles. The van der Waals surface area contributed by atoms with Crippen LogP contribution >= 0.6 is 0 Å². The minimum atomic E-state index is -4.67. The summed E-state index contributed by atoms with van der Waals surface area (Å²) in [4.78, 5) is 30.8. The maximum atomic E-state index is 13.9. The van der Waals surface area contributed by atoms with E-state index in [0.717, 1.165) is 11.6 Å². The van der Waals surface area contributed by atoms with Crippen molar-refractivity contribution >= 4 is 17.5 Å². The molecule has 4 rings (SSSR count). The van der Waals surface area contributed by atoms with Crippen LogP contribution in [0.15, 0.2) is 64.8 Å². The van der Waals surface area contributed by atoms with E-state index < -0.39 is 35.4 Å². The number of halogens is 4. The molecule has 3 atom stereocenters. The van der Waals surface area contributed by atoms with Gasteiger partial charge in [0.1, 0.15) is 11.7 Å². The summed E-state index contributed by atoms with van der Waals surface area (Å²) in [6.45, 7) is 3.22. The van der Waals surface area contributed by atoms with Gasteiger partial charge in [0.05, 0.1) is 12.2 Å². The van der Waals surface area contributed by atoms with E-state index in [1.165, 1.54) is 30.3 Å². The Labute approximate surface area is 194 Å². The number of benzene rings is 2. The zero-order valence-electron chi connectivity index (χ0n) is 18.7. The molecule has 2 aromatic rings. The number of esters is 1. The molecule has 0 saturated heterocycles. The van der Waals surface area contributed by atoms with Gasteiger partial charge in [-0.25, -0.2) is 4.39 Å². The first-order chi connectivity index (χ1) is 16.1. The van der Waals surface area contributed by atoms with Gasteiger partial charge in [-0.2, -0.15) is 13.2 Å². The fraction of sp³-hybridized carbons (Fsp3) is 0.346. The van der Waals surface area contributed by atoms with Gasteiger partial charge in [0.25, 0.3) is 0 Å². The standard InChI is InChI=1S/C26H23F4NO3/c1-3-34-25(33)22-14(2)31-20-12-16(15-8-10-17(27)11-9-15)13-21(32)24(20)23(22)18-6-4-5-7-19(18)26(28,29)30/h4-11,16,22-23H,3,12-13H2,1-2H3. The van der Waals surface area contributed by atoms with Crippen LogP contribution in [0.25, 0.3) is 0 Å². The van der Waals surface area contributed by atoms with E-state index in [1.807, 2.05) is 0 Å². The van der Waals surface area contributed by atoms with E-state index >= 15 is 0 Å². The van der Waals surface area contributed by atoms with Crippen molar-refractivity contribution in [1.82, 2.24) is 0 Å².